The zero-order chi connectivity index (χ0) is 14.1. The molecule has 0 aromatic heterocycles. The Labute approximate surface area is 119 Å². The minimum atomic E-state index is -0.332. The molecule has 0 aliphatic heterocycles. The second kappa shape index (κ2) is 8.80. The summed E-state index contributed by atoms with van der Waals surface area (Å²) in [5, 5.41) is 14.1. The smallest absolute Gasteiger partial charge is 0.292 e. The van der Waals surface area contributed by atoms with Crippen LogP contribution in [0, 0.1) is 17.0 Å². The van der Waals surface area contributed by atoms with E-state index in [1.165, 1.54) is 25.7 Å². The first-order valence-corrected chi connectivity index (χ1v) is 7.87. The number of nitrogens with one attached hydrogen (secondary N) is 1. The van der Waals surface area contributed by atoms with E-state index in [-0.39, 0.29) is 10.6 Å². The van der Waals surface area contributed by atoms with Gasteiger partial charge in [-0.3, -0.25) is 10.1 Å². The molecule has 0 atom stereocenters. The van der Waals surface area contributed by atoms with E-state index in [0.717, 1.165) is 17.2 Å². The van der Waals surface area contributed by atoms with Crippen molar-refractivity contribution in [3.05, 3.63) is 33.9 Å². The van der Waals surface area contributed by atoms with Crippen LogP contribution in [0.5, 0.6) is 0 Å². The van der Waals surface area contributed by atoms with Crippen LogP contribution in [0.3, 0.4) is 0 Å². The summed E-state index contributed by atoms with van der Waals surface area (Å²) in [4.78, 5) is 10.6. The SMILES string of the molecule is CCCCCCSCNc1ccc(C)cc1[N+](=O)[O-]. The highest BCUT2D eigenvalue weighted by atomic mass is 32.2. The Hall–Kier alpha value is -1.23. The van der Waals surface area contributed by atoms with Gasteiger partial charge in [0.05, 0.1) is 10.8 Å². The lowest BCUT2D eigenvalue weighted by molar-refractivity contribution is -0.384. The van der Waals surface area contributed by atoms with Gasteiger partial charge in [0.2, 0.25) is 0 Å². The number of nitrogens with zero attached hydrogens (tertiary/aromatic N) is 1. The van der Waals surface area contributed by atoms with Crippen molar-refractivity contribution in [3.63, 3.8) is 0 Å². The number of anilines is 1. The van der Waals surface area contributed by atoms with Crippen LogP contribution in [0.2, 0.25) is 0 Å². The normalized spacial score (nSPS) is 10.4. The van der Waals surface area contributed by atoms with Crippen molar-refractivity contribution in [1.82, 2.24) is 0 Å². The molecule has 1 aromatic carbocycles. The molecule has 0 saturated carbocycles. The zero-order valence-electron chi connectivity index (χ0n) is 11.6. The van der Waals surface area contributed by atoms with Gasteiger partial charge in [0.15, 0.2) is 0 Å². The summed E-state index contributed by atoms with van der Waals surface area (Å²) in [7, 11) is 0. The summed E-state index contributed by atoms with van der Waals surface area (Å²) in [5.74, 6) is 1.82. The number of hydrogen-bond donors (Lipinski definition) is 1. The Bertz CT molecular complexity index is 410. The van der Waals surface area contributed by atoms with E-state index in [1.54, 1.807) is 23.9 Å². The third-order valence-electron chi connectivity index (χ3n) is 2.86. The number of benzene rings is 1. The molecule has 1 aromatic rings. The second-order valence-electron chi connectivity index (χ2n) is 4.57. The minimum absolute atomic E-state index is 0.159. The molecule has 0 amide bonds. The highest BCUT2D eigenvalue weighted by molar-refractivity contribution is 7.99. The average Bonchev–Trinajstić information content (AvgIpc) is 2.39. The van der Waals surface area contributed by atoms with E-state index in [4.69, 9.17) is 0 Å². The lowest BCUT2D eigenvalue weighted by atomic mass is 10.2. The minimum Gasteiger partial charge on any atom is -0.370 e. The molecule has 5 heteroatoms. The van der Waals surface area contributed by atoms with Crippen molar-refractivity contribution in [2.24, 2.45) is 0 Å². The Balaban J connectivity index is 2.35. The molecule has 0 aliphatic carbocycles. The topological polar surface area (TPSA) is 55.2 Å². The van der Waals surface area contributed by atoms with E-state index in [2.05, 4.69) is 12.2 Å². The Morgan fingerprint density at radius 3 is 2.79 bits per heavy atom. The fraction of sp³-hybridized carbons (Fsp3) is 0.571. The maximum Gasteiger partial charge on any atom is 0.292 e. The molecule has 106 valence electrons. The summed E-state index contributed by atoms with van der Waals surface area (Å²) in [6.45, 7) is 4.06. The molecule has 0 aliphatic rings. The predicted molar refractivity (Wildman–Crippen MR) is 82.9 cm³/mol. The van der Waals surface area contributed by atoms with Crippen molar-refractivity contribution in [3.8, 4) is 0 Å². The van der Waals surface area contributed by atoms with E-state index in [9.17, 15) is 10.1 Å². The monoisotopic (exact) mass is 282 g/mol. The number of unbranched alkanes of at least 4 members (excludes halogenated alkanes) is 3. The van der Waals surface area contributed by atoms with Crippen LogP contribution < -0.4 is 5.32 Å². The Morgan fingerprint density at radius 1 is 1.32 bits per heavy atom. The van der Waals surface area contributed by atoms with Crippen LogP contribution in [0.4, 0.5) is 11.4 Å². The number of aryl methyl sites for hydroxylation is 1. The molecule has 0 spiro atoms. The fourth-order valence-corrected chi connectivity index (χ4v) is 2.58. The maximum atomic E-state index is 10.9. The fourth-order valence-electron chi connectivity index (χ4n) is 1.77. The molecular formula is C14H22N2O2S. The molecule has 0 bridgehead atoms. The van der Waals surface area contributed by atoms with Gasteiger partial charge < -0.3 is 5.32 Å². The summed E-state index contributed by atoms with van der Waals surface area (Å²) in [6, 6.07) is 5.28. The molecule has 0 fully saturated rings. The van der Waals surface area contributed by atoms with Crippen LogP contribution in [0.1, 0.15) is 38.2 Å². The van der Waals surface area contributed by atoms with Crippen molar-refractivity contribution < 1.29 is 4.92 Å². The van der Waals surface area contributed by atoms with E-state index < -0.39 is 0 Å². The third kappa shape index (κ3) is 5.96. The summed E-state index contributed by atoms with van der Waals surface area (Å²) in [5.41, 5.74) is 1.67. The average molecular weight is 282 g/mol. The van der Waals surface area contributed by atoms with Crippen LogP contribution in [0.25, 0.3) is 0 Å². The van der Waals surface area contributed by atoms with Gasteiger partial charge >= 0.3 is 0 Å². The lowest BCUT2D eigenvalue weighted by Gasteiger charge is -2.07. The van der Waals surface area contributed by atoms with Crippen LogP contribution in [0.15, 0.2) is 18.2 Å². The first kappa shape index (κ1) is 15.8. The van der Waals surface area contributed by atoms with Gasteiger partial charge in [-0.05, 0) is 30.7 Å². The van der Waals surface area contributed by atoms with E-state index in [0.29, 0.717) is 5.69 Å². The molecule has 1 rings (SSSR count). The van der Waals surface area contributed by atoms with Crippen LogP contribution in [-0.4, -0.2) is 16.6 Å². The van der Waals surface area contributed by atoms with Crippen LogP contribution in [-0.2, 0) is 0 Å². The number of nitro groups is 1. The second-order valence-corrected chi connectivity index (χ2v) is 5.67. The number of nitro benzene ring substituents is 1. The van der Waals surface area contributed by atoms with Gasteiger partial charge in [0.25, 0.3) is 5.69 Å². The molecule has 1 N–H and O–H groups in total. The number of thioether (sulfide) groups is 1. The van der Waals surface area contributed by atoms with Gasteiger partial charge in [-0.15, -0.1) is 11.8 Å². The standard InChI is InChI=1S/C14H22N2O2S/c1-3-4-5-6-9-19-11-15-13-8-7-12(2)10-14(13)16(17)18/h7-8,10,15H,3-6,9,11H2,1-2H3. The van der Waals surface area contributed by atoms with Crippen molar-refractivity contribution in [2.75, 3.05) is 16.9 Å². The largest absolute Gasteiger partial charge is 0.370 e. The quantitative estimate of drug-likeness (QED) is 0.311. The molecule has 0 radical (unpaired) electrons. The Kier molecular flexibility index (Phi) is 7.33. The molecule has 0 heterocycles. The summed E-state index contributed by atoms with van der Waals surface area (Å²) >= 11 is 1.79. The van der Waals surface area contributed by atoms with Crippen molar-refractivity contribution >= 4 is 23.1 Å². The van der Waals surface area contributed by atoms with Crippen molar-refractivity contribution in [2.45, 2.75) is 39.5 Å². The number of hydrogen-bond acceptors (Lipinski definition) is 4. The third-order valence-corrected chi connectivity index (χ3v) is 3.78. The highest BCUT2D eigenvalue weighted by Gasteiger charge is 2.12. The molecule has 4 nitrogen and oxygen atoms in total. The van der Waals surface area contributed by atoms with Gasteiger partial charge in [-0.2, -0.15) is 0 Å². The maximum absolute atomic E-state index is 10.9. The number of rotatable bonds is 9. The summed E-state index contributed by atoms with van der Waals surface area (Å²) in [6.07, 6.45) is 5.03. The summed E-state index contributed by atoms with van der Waals surface area (Å²) < 4.78 is 0. The first-order chi connectivity index (χ1) is 9.15. The van der Waals surface area contributed by atoms with Gasteiger partial charge in [-0.1, -0.05) is 32.3 Å². The molecule has 0 unspecified atom stereocenters. The Morgan fingerprint density at radius 2 is 2.11 bits per heavy atom. The van der Waals surface area contributed by atoms with Crippen LogP contribution >= 0.6 is 11.8 Å². The lowest BCUT2D eigenvalue weighted by Crippen LogP contribution is -2.02. The zero-order valence-corrected chi connectivity index (χ0v) is 12.5. The van der Waals surface area contributed by atoms with E-state index in [1.807, 2.05) is 13.0 Å². The van der Waals surface area contributed by atoms with Gasteiger partial charge in [0.1, 0.15) is 5.69 Å². The molecular weight excluding hydrogens is 260 g/mol. The first-order valence-electron chi connectivity index (χ1n) is 6.71. The van der Waals surface area contributed by atoms with Gasteiger partial charge in [-0.25, -0.2) is 0 Å². The van der Waals surface area contributed by atoms with Crippen molar-refractivity contribution in [1.29, 1.82) is 0 Å². The van der Waals surface area contributed by atoms with Gasteiger partial charge in [0, 0.05) is 6.07 Å². The molecule has 19 heavy (non-hydrogen) atoms. The predicted octanol–water partition coefficient (Wildman–Crippen LogP) is 4.59. The van der Waals surface area contributed by atoms with E-state index >= 15 is 0 Å². The highest BCUT2D eigenvalue weighted by Crippen LogP contribution is 2.25. The molecule has 0 saturated heterocycles.